The molecule has 12 heteroatoms. The van der Waals surface area contributed by atoms with Crippen molar-refractivity contribution in [3.63, 3.8) is 0 Å². The number of unbranched alkanes of at least 4 members (excludes halogenated alkanes) is 4. The number of allylic oxidation sites excluding steroid dienone is 16. The van der Waals surface area contributed by atoms with Crippen LogP contribution in [0.5, 0.6) is 0 Å². The van der Waals surface area contributed by atoms with Gasteiger partial charge in [-0.3, -0.25) is 18.6 Å². The van der Waals surface area contributed by atoms with Crippen molar-refractivity contribution in [1.82, 2.24) is 0 Å². The molecule has 5 atom stereocenters. The Kier molecular flexibility index (Phi) is 35.0. The van der Waals surface area contributed by atoms with E-state index in [4.69, 9.17) is 23.8 Å². The van der Waals surface area contributed by atoms with E-state index in [0.717, 1.165) is 64.2 Å². The third-order valence-corrected chi connectivity index (χ3v) is 9.78. The van der Waals surface area contributed by atoms with Gasteiger partial charge in [0.05, 0.1) is 32.0 Å². The maximum atomic E-state index is 12.6. The fourth-order valence-electron chi connectivity index (χ4n) is 5.35. The van der Waals surface area contributed by atoms with Gasteiger partial charge in [-0.2, -0.15) is 0 Å². The third kappa shape index (κ3) is 35.4. The topological polar surface area (TPSA) is 161 Å². The first-order chi connectivity index (χ1) is 29.2. The van der Waals surface area contributed by atoms with E-state index in [-0.39, 0.29) is 19.4 Å². The van der Waals surface area contributed by atoms with E-state index in [1.807, 2.05) is 24.3 Å². The predicted octanol–water partition coefficient (Wildman–Crippen LogP) is 10.8. The molecule has 0 aromatic heterocycles. The van der Waals surface area contributed by atoms with Gasteiger partial charge in [0, 0.05) is 12.8 Å². The number of carbonyl (C=O) groups excluding carboxylic acids is 2. The largest absolute Gasteiger partial charge is 0.472 e. The van der Waals surface area contributed by atoms with Crippen LogP contribution in [0.4, 0.5) is 0 Å². The Hall–Kier alpha value is -3.41. The highest BCUT2D eigenvalue weighted by Gasteiger charge is 2.36. The monoisotopic (exact) mass is 859 g/mol. The minimum atomic E-state index is -4.66. The highest BCUT2D eigenvalue weighted by molar-refractivity contribution is 7.47. The molecule has 1 rings (SSSR count). The van der Waals surface area contributed by atoms with Gasteiger partial charge in [0.2, 0.25) is 0 Å². The van der Waals surface area contributed by atoms with Crippen molar-refractivity contribution in [1.29, 1.82) is 0 Å². The number of aliphatic hydroxyl groups is 2. The smallest absolute Gasteiger partial charge is 0.462 e. The molecule has 11 nitrogen and oxygen atoms in total. The molecule has 0 aromatic carbocycles. The van der Waals surface area contributed by atoms with Gasteiger partial charge >= 0.3 is 19.8 Å². The number of hydrogen-bond acceptors (Lipinski definition) is 10. The Morgan fingerprint density at radius 2 is 1.08 bits per heavy atom. The number of rotatable bonds is 38. The zero-order valence-electron chi connectivity index (χ0n) is 36.3. The summed E-state index contributed by atoms with van der Waals surface area (Å²) in [6.07, 6.45) is 51.0. The SMILES string of the molecule is CC/C=C\C/C=C\C/C=C\C/C=C\C/C=C\C/C=C\CCC(=O)OC[C@H](COP(=O)(O)OC[C@@H](O)CO)OC(=O)CCC/C=C\C/C=C\CC1OC1C/C=C\CCCCC. The van der Waals surface area contributed by atoms with Crippen molar-refractivity contribution in [2.75, 3.05) is 26.4 Å². The Bertz CT molecular complexity index is 1420. The number of phosphoric acid groups is 1. The van der Waals surface area contributed by atoms with Gasteiger partial charge in [-0.25, -0.2) is 4.57 Å². The predicted molar refractivity (Wildman–Crippen MR) is 241 cm³/mol. The first kappa shape index (κ1) is 54.6. The zero-order valence-corrected chi connectivity index (χ0v) is 37.2. The number of phosphoric ester groups is 1. The van der Waals surface area contributed by atoms with Crippen LogP contribution in [-0.4, -0.2) is 77.9 Å². The van der Waals surface area contributed by atoms with E-state index < -0.39 is 51.8 Å². The summed E-state index contributed by atoms with van der Waals surface area (Å²) < 4.78 is 38.3. The van der Waals surface area contributed by atoms with Crippen LogP contribution in [0, 0.1) is 0 Å². The molecule has 1 aliphatic heterocycles. The van der Waals surface area contributed by atoms with Crippen LogP contribution in [0.3, 0.4) is 0 Å². The molecule has 0 bridgehead atoms. The maximum absolute atomic E-state index is 12.6. The minimum absolute atomic E-state index is 0.0801. The standard InChI is InChI=1S/C48H75O11P/c1-3-5-7-9-11-12-13-14-15-16-17-18-19-20-21-22-25-29-33-37-47(51)55-41-44(42-57-60(53,54)56-40-43(50)39-49)58-48(52)38-34-30-26-23-24-28-32-36-46-45(59-46)35-31-27-10-8-6-4-2/h5,7,11-12,14-15,17-18,20-21,23,25-29,31-32,43-46,49-50H,3-4,6,8-10,13,16,19,22,24,30,33-42H2,1-2H3,(H,53,54)/b7-5-,12-11-,15-14-,18-17-,21-20-,26-23-,29-25-,31-27-,32-28-/t43-,44+,45?,46?/m0/s1. The van der Waals surface area contributed by atoms with Crippen LogP contribution in [-0.2, 0) is 37.4 Å². The molecule has 1 saturated heterocycles. The van der Waals surface area contributed by atoms with Gasteiger partial charge in [0.15, 0.2) is 6.10 Å². The second kappa shape index (κ2) is 38.5. The summed E-state index contributed by atoms with van der Waals surface area (Å²) in [5.74, 6) is -1.11. The normalized spacial score (nSPS) is 18.2. The summed E-state index contributed by atoms with van der Waals surface area (Å²) in [6, 6.07) is 0. The Morgan fingerprint density at radius 1 is 0.600 bits per heavy atom. The summed E-state index contributed by atoms with van der Waals surface area (Å²) in [6.45, 7) is 2.05. The van der Waals surface area contributed by atoms with Gasteiger partial charge in [-0.05, 0) is 89.9 Å². The Labute approximate surface area is 361 Å². The molecule has 60 heavy (non-hydrogen) atoms. The van der Waals surface area contributed by atoms with Gasteiger partial charge in [0.1, 0.15) is 12.7 Å². The minimum Gasteiger partial charge on any atom is -0.462 e. The Balaban J connectivity index is 2.36. The lowest BCUT2D eigenvalue weighted by Gasteiger charge is -2.20. The third-order valence-electron chi connectivity index (χ3n) is 8.83. The number of carbonyl (C=O) groups is 2. The van der Waals surface area contributed by atoms with Crippen molar-refractivity contribution in [3.8, 4) is 0 Å². The second-order valence-corrected chi connectivity index (χ2v) is 15.8. The van der Waals surface area contributed by atoms with Crippen LogP contribution in [0.1, 0.15) is 129 Å². The molecule has 1 heterocycles. The van der Waals surface area contributed by atoms with Gasteiger partial charge < -0.3 is 29.3 Å². The van der Waals surface area contributed by atoms with E-state index in [0.29, 0.717) is 31.5 Å². The molecule has 0 amide bonds. The summed E-state index contributed by atoms with van der Waals surface area (Å²) in [5.41, 5.74) is 0. The quantitative estimate of drug-likeness (QED) is 0.0178. The van der Waals surface area contributed by atoms with E-state index in [2.05, 4.69) is 103 Å². The molecule has 0 spiro atoms. The molecule has 0 aromatic rings. The zero-order chi connectivity index (χ0) is 43.8. The maximum Gasteiger partial charge on any atom is 0.472 e. The molecule has 1 fully saturated rings. The van der Waals surface area contributed by atoms with Crippen LogP contribution in [0.25, 0.3) is 0 Å². The fraction of sp³-hybridized carbons (Fsp3) is 0.583. The van der Waals surface area contributed by atoms with Crippen molar-refractivity contribution in [3.05, 3.63) is 109 Å². The summed E-state index contributed by atoms with van der Waals surface area (Å²) in [5, 5.41) is 18.3. The lowest BCUT2D eigenvalue weighted by molar-refractivity contribution is -0.161. The van der Waals surface area contributed by atoms with Crippen molar-refractivity contribution in [2.45, 2.75) is 154 Å². The molecule has 1 aliphatic rings. The van der Waals surface area contributed by atoms with E-state index >= 15 is 0 Å². The van der Waals surface area contributed by atoms with Gasteiger partial charge in [-0.15, -0.1) is 0 Å². The number of epoxide rings is 1. The summed E-state index contributed by atoms with van der Waals surface area (Å²) in [7, 11) is -4.66. The average molecular weight is 859 g/mol. The lowest BCUT2D eigenvalue weighted by atomic mass is 10.1. The molecular formula is C48H75O11P. The molecule has 0 radical (unpaired) electrons. The van der Waals surface area contributed by atoms with Crippen molar-refractivity contribution >= 4 is 19.8 Å². The van der Waals surface area contributed by atoms with E-state index in [9.17, 15) is 24.2 Å². The second-order valence-electron chi connectivity index (χ2n) is 14.4. The van der Waals surface area contributed by atoms with Crippen molar-refractivity contribution < 1.29 is 52.5 Å². The van der Waals surface area contributed by atoms with E-state index in [1.54, 1.807) is 0 Å². The first-order valence-electron chi connectivity index (χ1n) is 22.0. The number of aliphatic hydroxyl groups excluding tert-OH is 2. The fourth-order valence-corrected chi connectivity index (χ4v) is 6.13. The number of hydrogen-bond donors (Lipinski definition) is 3. The van der Waals surface area contributed by atoms with Crippen LogP contribution in [0.2, 0.25) is 0 Å². The molecular weight excluding hydrogens is 783 g/mol. The van der Waals surface area contributed by atoms with E-state index in [1.165, 1.54) is 19.3 Å². The van der Waals surface area contributed by atoms with Crippen LogP contribution in [0.15, 0.2) is 109 Å². The molecule has 0 aliphatic carbocycles. The molecule has 338 valence electrons. The van der Waals surface area contributed by atoms with Gasteiger partial charge in [0.25, 0.3) is 0 Å². The van der Waals surface area contributed by atoms with Crippen LogP contribution >= 0.6 is 7.82 Å². The Morgan fingerprint density at radius 3 is 1.65 bits per heavy atom. The molecule has 0 saturated carbocycles. The molecule has 3 N–H and O–H groups in total. The first-order valence-corrected chi connectivity index (χ1v) is 23.5. The lowest BCUT2D eigenvalue weighted by Crippen LogP contribution is -2.29. The van der Waals surface area contributed by atoms with Gasteiger partial charge in [-0.1, -0.05) is 136 Å². The number of esters is 2. The average Bonchev–Trinajstić information content (AvgIpc) is 4.00. The highest BCUT2D eigenvalue weighted by atomic mass is 31.2. The summed E-state index contributed by atoms with van der Waals surface area (Å²) >= 11 is 0. The molecule has 3 unspecified atom stereocenters. The van der Waals surface area contributed by atoms with Crippen LogP contribution < -0.4 is 0 Å². The summed E-state index contributed by atoms with van der Waals surface area (Å²) in [4.78, 5) is 35.0. The van der Waals surface area contributed by atoms with Crippen molar-refractivity contribution in [2.24, 2.45) is 0 Å². The number of ether oxygens (including phenoxy) is 3. The highest BCUT2D eigenvalue weighted by Crippen LogP contribution is 2.43.